The molecular formula is C20H34. The van der Waals surface area contributed by atoms with Crippen LogP contribution in [0.2, 0.25) is 0 Å². The van der Waals surface area contributed by atoms with Crippen LogP contribution in [0, 0.1) is 40.4 Å². The molecule has 4 aliphatic carbocycles. The van der Waals surface area contributed by atoms with E-state index in [1.807, 2.05) is 0 Å². The standard InChI is InChI=1S/C20H34/c1-14-8-12-20(3)15(13-14)6-7-16-17-5-4-10-19(17,2)11-9-18(16)20/h14-18H,4-13H2,1-3H3/t14-,15?,16-,17-,18-,19-,20-/m0/s1. The van der Waals surface area contributed by atoms with Crippen molar-refractivity contribution in [1.29, 1.82) is 0 Å². The lowest BCUT2D eigenvalue weighted by atomic mass is 9.45. The molecule has 4 rings (SSSR count). The normalized spacial score (nSPS) is 58.6. The average molecular weight is 274 g/mol. The van der Waals surface area contributed by atoms with Gasteiger partial charge in [0.2, 0.25) is 0 Å². The van der Waals surface area contributed by atoms with Crippen LogP contribution in [-0.2, 0) is 0 Å². The van der Waals surface area contributed by atoms with Gasteiger partial charge in [-0.15, -0.1) is 0 Å². The minimum atomic E-state index is 0.722. The second kappa shape index (κ2) is 4.50. The summed E-state index contributed by atoms with van der Waals surface area (Å²) in [6, 6.07) is 0. The van der Waals surface area contributed by atoms with E-state index in [-0.39, 0.29) is 0 Å². The van der Waals surface area contributed by atoms with Crippen molar-refractivity contribution in [3.8, 4) is 0 Å². The third-order valence-electron chi connectivity index (χ3n) is 8.71. The van der Waals surface area contributed by atoms with Crippen molar-refractivity contribution in [3.63, 3.8) is 0 Å². The molecule has 0 aromatic rings. The molecule has 0 saturated heterocycles. The summed E-state index contributed by atoms with van der Waals surface area (Å²) in [4.78, 5) is 0. The van der Waals surface area contributed by atoms with Gasteiger partial charge in [-0.05, 0) is 91.8 Å². The molecule has 0 aromatic carbocycles. The van der Waals surface area contributed by atoms with E-state index < -0.39 is 0 Å². The summed E-state index contributed by atoms with van der Waals surface area (Å²) in [5, 5.41) is 0. The van der Waals surface area contributed by atoms with Gasteiger partial charge >= 0.3 is 0 Å². The Bertz CT molecular complexity index is 385. The summed E-state index contributed by atoms with van der Waals surface area (Å²) >= 11 is 0. The van der Waals surface area contributed by atoms with Crippen LogP contribution in [-0.4, -0.2) is 0 Å². The second-order valence-electron chi connectivity index (χ2n) is 9.62. The molecule has 0 heteroatoms. The summed E-state index contributed by atoms with van der Waals surface area (Å²) in [6.07, 6.45) is 15.5. The van der Waals surface area contributed by atoms with E-state index in [1.165, 1.54) is 19.3 Å². The summed E-state index contributed by atoms with van der Waals surface area (Å²) in [6.45, 7) is 7.84. The molecule has 0 heterocycles. The fourth-order valence-electron chi connectivity index (χ4n) is 7.47. The molecule has 0 spiro atoms. The molecule has 0 nitrogen and oxygen atoms in total. The molecule has 4 fully saturated rings. The maximum Gasteiger partial charge on any atom is -0.0266 e. The zero-order valence-corrected chi connectivity index (χ0v) is 14.0. The van der Waals surface area contributed by atoms with Crippen LogP contribution >= 0.6 is 0 Å². The van der Waals surface area contributed by atoms with E-state index in [9.17, 15) is 0 Å². The predicted octanol–water partition coefficient (Wildman–Crippen LogP) is 6.06. The van der Waals surface area contributed by atoms with Crippen LogP contribution in [0.4, 0.5) is 0 Å². The highest BCUT2D eigenvalue weighted by molar-refractivity contribution is 5.07. The Kier molecular flexibility index (Phi) is 3.07. The van der Waals surface area contributed by atoms with Gasteiger partial charge in [0.25, 0.3) is 0 Å². The van der Waals surface area contributed by atoms with Crippen molar-refractivity contribution in [1.82, 2.24) is 0 Å². The van der Waals surface area contributed by atoms with Gasteiger partial charge in [-0.3, -0.25) is 0 Å². The highest BCUT2D eigenvalue weighted by atomic mass is 14.6. The van der Waals surface area contributed by atoms with E-state index in [2.05, 4.69) is 20.8 Å². The molecule has 0 bridgehead atoms. The Hall–Kier alpha value is 0. The van der Waals surface area contributed by atoms with Crippen LogP contribution in [0.15, 0.2) is 0 Å². The number of hydrogen-bond donors (Lipinski definition) is 0. The average Bonchev–Trinajstić information content (AvgIpc) is 2.81. The fraction of sp³-hybridized carbons (Fsp3) is 1.00. The predicted molar refractivity (Wildman–Crippen MR) is 85.5 cm³/mol. The van der Waals surface area contributed by atoms with Crippen LogP contribution in [0.5, 0.6) is 0 Å². The first-order chi connectivity index (χ1) is 9.53. The van der Waals surface area contributed by atoms with Gasteiger partial charge in [0.1, 0.15) is 0 Å². The first-order valence-electron chi connectivity index (χ1n) is 9.53. The SMILES string of the molecule is C[C@H]1CC[C@@]2(C)C(CC[C@H]3[C@@H]4CCC[C@@]4(C)CC[C@@H]32)C1. The molecule has 0 aliphatic heterocycles. The fourth-order valence-corrected chi connectivity index (χ4v) is 7.47. The van der Waals surface area contributed by atoms with Crippen LogP contribution in [0.1, 0.15) is 85.0 Å². The monoisotopic (exact) mass is 274 g/mol. The summed E-state index contributed by atoms with van der Waals surface area (Å²) < 4.78 is 0. The van der Waals surface area contributed by atoms with Gasteiger partial charge in [0, 0.05) is 0 Å². The highest BCUT2D eigenvalue weighted by Gasteiger charge is 2.57. The minimum absolute atomic E-state index is 0.722. The molecule has 4 aliphatic rings. The van der Waals surface area contributed by atoms with Gasteiger partial charge in [-0.25, -0.2) is 0 Å². The maximum atomic E-state index is 2.71. The Morgan fingerprint density at radius 3 is 2.50 bits per heavy atom. The largest absolute Gasteiger partial charge is 0.0625 e. The van der Waals surface area contributed by atoms with Crippen molar-refractivity contribution in [2.75, 3.05) is 0 Å². The van der Waals surface area contributed by atoms with Crippen LogP contribution in [0.3, 0.4) is 0 Å². The smallest absolute Gasteiger partial charge is 0.0266 e. The Labute approximate surface area is 126 Å². The molecule has 20 heavy (non-hydrogen) atoms. The summed E-state index contributed by atoms with van der Waals surface area (Å²) in [5.41, 5.74) is 1.46. The van der Waals surface area contributed by atoms with Gasteiger partial charge in [0.15, 0.2) is 0 Å². The van der Waals surface area contributed by atoms with E-state index in [1.54, 1.807) is 44.9 Å². The van der Waals surface area contributed by atoms with E-state index in [0.29, 0.717) is 0 Å². The minimum Gasteiger partial charge on any atom is -0.0625 e. The zero-order chi connectivity index (χ0) is 14.0. The number of hydrogen-bond acceptors (Lipinski definition) is 0. The highest BCUT2D eigenvalue weighted by Crippen LogP contribution is 2.66. The second-order valence-corrected chi connectivity index (χ2v) is 9.62. The first-order valence-corrected chi connectivity index (χ1v) is 9.53. The molecular weight excluding hydrogens is 240 g/mol. The first kappa shape index (κ1) is 13.6. The topological polar surface area (TPSA) is 0 Å². The number of rotatable bonds is 0. The Balaban J connectivity index is 1.62. The lowest BCUT2D eigenvalue weighted by Gasteiger charge is -2.60. The van der Waals surface area contributed by atoms with Crippen LogP contribution < -0.4 is 0 Å². The zero-order valence-electron chi connectivity index (χ0n) is 14.0. The summed E-state index contributed by atoms with van der Waals surface area (Å²) in [7, 11) is 0. The van der Waals surface area contributed by atoms with Gasteiger partial charge in [-0.2, -0.15) is 0 Å². The Morgan fingerprint density at radius 2 is 1.65 bits per heavy atom. The lowest BCUT2D eigenvalue weighted by Crippen LogP contribution is -2.52. The quantitative estimate of drug-likeness (QED) is 0.504. The molecule has 114 valence electrons. The molecule has 0 radical (unpaired) electrons. The molecule has 0 aromatic heterocycles. The van der Waals surface area contributed by atoms with Crippen LogP contribution in [0.25, 0.3) is 0 Å². The molecule has 7 atom stereocenters. The van der Waals surface area contributed by atoms with Crippen molar-refractivity contribution in [2.24, 2.45) is 40.4 Å². The van der Waals surface area contributed by atoms with E-state index >= 15 is 0 Å². The molecule has 0 N–H and O–H groups in total. The number of fused-ring (bicyclic) bond motifs is 5. The van der Waals surface area contributed by atoms with Crippen molar-refractivity contribution < 1.29 is 0 Å². The molecule has 0 amide bonds. The van der Waals surface area contributed by atoms with Gasteiger partial charge in [-0.1, -0.05) is 33.6 Å². The van der Waals surface area contributed by atoms with Gasteiger partial charge in [0.05, 0.1) is 0 Å². The van der Waals surface area contributed by atoms with E-state index in [0.717, 1.165) is 40.4 Å². The Morgan fingerprint density at radius 1 is 0.800 bits per heavy atom. The van der Waals surface area contributed by atoms with E-state index in [4.69, 9.17) is 0 Å². The summed E-state index contributed by atoms with van der Waals surface area (Å²) in [5.74, 6) is 5.36. The van der Waals surface area contributed by atoms with Gasteiger partial charge < -0.3 is 0 Å². The lowest BCUT2D eigenvalue weighted by molar-refractivity contribution is -0.110. The molecule has 4 saturated carbocycles. The molecule has 1 unspecified atom stereocenters. The third-order valence-corrected chi connectivity index (χ3v) is 8.71. The van der Waals surface area contributed by atoms with Crippen molar-refractivity contribution in [2.45, 2.75) is 85.0 Å². The van der Waals surface area contributed by atoms with Crippen molar-refractivity contribution in [3.05, 3.63) is 0 Å². The third kappa shape index (κ3) is 1.78. The van der Waals surface area contributed by atoms with Crippen molar-refractivity contribution >= 4 is 0 Å². The maximum absolute atomic E-state index is 2.71.